The van der Waals surface area contributed by atoms with Gasteiger partial charge in [-0.05, 0) is 42.8 Å². The van der Waals surface area contributed by atoms with Crippen LogP contribution in [0.25, 0.3) is 34.0 Å². The minimum Gasteiger partial charge on any atom is -0.218 e. The third kappa shape index (κ3) is 4.20. The molecule has 0 aliphatic rings. The fourth-order valence-electron chi connectivity index (χ4n) is 4.41. The summed E-state index contributed by atoms with van der Waals surface area (Å²) in [6.45, 7) is 1.97. The van der Waals surface area contributed by atoms with Gasteiger partial charge in [0, 0.05) is 17.5 Å². The number of nitrogens with zero attached hydrogens (tertiary/aromatic N) is 6. The van der Waals surface area contributed by atoms with Crippen LogP contribution in [0.4, 0.5) is 0 Å². The lowest BCUT2D eigenvalue weighted by molar-refractivity contribution is 0.802. The van der Waals surface area contributed by atoms with Gasteiger partial charge < -0.3 is 0 Å². The van der Waals surface area contributed by atoms with Gasteiger partial charge in [-0.3, -0.25) is 0 Å². The number of aromatic nitrogens is 6. The lowest BCUT2D eigenvalue weighted by atomic mass is 10.0. The van der Waals surface area contributed by atoms with E-state index in [4.69, 9.17) is 10.1 Å². The number of benzene rings is 4. The van der Waals surface area contributed by atoms with Crippen LogP contribution < -0.4 is 0 Å². The standard InChI is InChI=1S/C30H24N6/c1-22-31-30(33-35(22)26-16-7-3-8-17-26)25-15-11-12-23(20-25)21-28-29(24-13-5-2-6-14-24)36(34-32-28)27-18-9-4-10-19-27/h2-20H,21H2,1H3. The summed E-state index contributed by atoms with van der Waals surface area (Å²) in [7, 11) is 0. The fourth-order valence-corrected chi connectivity index (χ4v) is 4.41. The van der Waals surface area contributed by atoms with Crippen molar-refractivity contribution in [2.24, 2.45) is 0 Å². The number of rotatable bonds is 6. The molecule has 6 rings (SSSR count). The molecule has 6 nitrogen and oxygen atoms in total. The molecular weight excluding hydrogens is 444 g/mol. The maximum atomic E-state index is 4.78. The van der Waals surface area contributed by atoms with E-state index in [1.54, 1.807) is 0 Å². The summed E-state index contributed by atoms with van der Waals surface area (Å²) in [5.74, 6) is 1.55. The first-order chi connectivity index (χ1) is 17.8. The first-order valence-corrected chi connectivity index (χ1v) is 11.9. The van der Waals surface area contributed by atoms with Gasteiger partial charge in [0.1, 0.15) is 5.82 Å². The first kappa shape index (κ1) is 21.7. The highest BCUT2D eigenvalue weighted by atomic mass is 15.4. The van der Waals surface area contributed by atoms with Crippen molar-refractivity contribution in [3.63, 3.8) is 0 Å². The molecule has 0 saturated carbocycles. The Morgan fingerprint density at radius 2 is 1.25 bits per heavy atom. The highest BCUT2D eigenvalue weighted by molar-refractivity contribution is 5.65. The van der Waals surface area contributed by atoms with E-state index in [0.717, 1.165) is 45.3 Å². The maximum Gasteiger partial charge on any atom is 0.181 e. The molecule has 36 heavy (non-hydrogen) atoms. The summed E-state index contributed by atoms with van der Waals surface area (Å²) in [6, 6.07) is 38.8. The van der Waals surface area contributed by atoms with E-state index < -0.39 is 0 Å². The Labute approximate surface area is 209 Å². The number of hydrogen-bond acceptors (Lipinski definition) is 4. The van der Waals surface area contributed by atoms with Crippen molar-refractivity contribution in [3.05, 3.63) is 132 Å². The van der Waals surface area contributed by atoms with Gasteiger partial charge in [-0.1, -0.05) is 90.1 Å². The van der Waals surface area contributed by atoms with Gasteiger partial charge in [0.2, 0.25) is 0 Å². The van der Waals surface area contributed by atoms with Crippen LogP contribution in [0.2, 0.25) is 0 Å². The van der Waals surface area contributed by atoms with Crippen LogP contribution in [-0.4, -0.2) is 29.8 Å². The zero-order valence-electron chi connectivity index (χ0n) is 19.9. The molecule has 6 aromatic rings. The number of para-hydroxylation sites is 2. The largest absolute Gasteiger partial charge is 0.218 e. The van der Waals surface area contributed by atoms with E-state index in [-0.39, 0.29) is 0 Å². The van der Waals surface area contributed by atoms with E-state index in [2.05, 4.69) is 34.6 Å². The number of hydrogen-bond donors (Lipinski definition) is 0. The second kappa shape index (κ2) is 9.43. The molecule has 6 heteroatoms. The van der Waals surface area contributed by atoms with Crippen molar-refractivity contribution in [1.82, 2.24) is 29.8 Å². The monoisotopic (exact) mass is 468 g/mol. The molecule has 2 heterocycles. The Balaban J connectivity index is 1.37. The van der Waals surface area contributed by atoms with Gasteiger partial charge in [-0.25, -0.2) is 14.3 Å². The summed E-state index contributed by atoms with van der Waals surface area (Å²) in [5, 5.41) is 13.9. The molecule has 0 bridgehead atoms. The highest BCUT2D eigenvalue weighted by Crippen LogP contribution is 2.28. The predicted octanol–water partition coefficient (Wildman–Crippen LogP) is 6.08. The fraction of sp³-hybridized carbons (Fsp3) is 0.0667. The van der Waals surface area contributed by atoms with Crippen molar-refractivity contribution in [3.8, 4) is 34.0 Å². The van der Waals surface area contributed by atoms with Crippen molar-refractivity contribution >= 4 is 0 Å². The SMILES string of the molecule is Cc1nc(-c2cccc(Cc3nnn(-c4ccccc4)c3-c3ccccc3)c2)nn1-c1ccccc1. The maximum absolute atomic E-state index is 4.78. The Bertz CT molecular complexity index is 1600. The minimum absolute atomic E-state index is 0.642. The van der Waals surface area contributed by atoms with Crippen molar-refractivity contribution in [2.45, 2.75) is 13.3 Å². The van der Waals surface area contributed by atoms with Crippen molar-refractivity contribution < 1.29 is 0 Å². The first-order valence-electron chi connectivity index (χ1n) is 11.9. The Kier molecular flexibility index (Phi) is 5.68. The van der Waals surface area contributed by atoms with Crippen LogP contribution >= 0.6 is 0 Å². The topological polar surface area (TPSA) is 61.4 Å². The normalized spacial score (nSPS) is 11.0. The van der Waals surface area contributed by atoms with Crippen LogP contribution in [0, 0.1) is 6.92 Å². The predicted molar refractivity (Wildman–Crippen MR) is 141 cm³/mol. The Morgan fingerprint density at radius 3 is 1.94 bits per heavy atom. The van der Waals surface area contributed by atoms with Crippen molar-refractivity contribution in [1.29, 1.82) is 0 Å². The van der Waals surface area contributed by atoms with Crippen LogP contribution in [0.1, 0.15) is 17.1 Å². The second-order valence-electron chi connectivity index (χ2n) is 8.61. The molecule has 2 aromatic heterocycles. The summed E-state index contributed by atoms with van der Waals surface area (Å²) in [4.78, 5) is 4.73. The Morgan fingerprint density at radius 1 is 0.639 bits per heavy atom. The summed E-state index contributed by atoms with van der Waals surface area (Å²) < 4.78 is 3.79. The molecular formula is C30H24N6. The second-order valence-corrected chi connectivity index (χ2v) is 8.61. The van der Waals surface area contributed by atoms with E-state index in [1.807, 2.05) is 107 Å². The van der Waals surface area contributed by atoms with Gasteiger partial charge in [0.15, 0.2) is 5.82 Å². The van der Waals surface area contributed by atoms with Crippen LogP contribution in [-0.2, 0) is 6.42 Å². The summed E-state index contributed by atoms with van der Waals surface area (Å²) in [6.07, 6.45) is 0.642. The molecule has 0 atom stereocenters. The van der Waals surface area contributed by atoms with Crippen molar-refractivity contribution in [2.75, 3.05) is 0 Å². The molecule has 0 aliphatic heterocycles. The van der Waals surface area contributed by atoms with Gasteiger partial charge in [0.25, 0.3) is 0 Å². The molecule has 174 valence electrons. The molecule has 0 radical (unpaired) electrons. The van der Waals surface area contributed by atoms with Gasteiger partial charge >= 0.3 is 0 Å². The van der Waals surface area contributed by atoms with Gasteiger partial charge in [0.05, 0.1) is 22.8 Å². The van der Waals surface area contributed by atoms with E-state index in [9.17, 15) is 0 Å². The molecule has 0 spiro atoms. The third-order valence-corrected chi connectivity index (χ3v) is 6.11. The zero-order chi connectivity index (χ0) is 24.3. The molecule has 4 aromatic carbocycles. The average molecular weight is 469 g/mol. The molecule has 0 fully saturated rings. The van der Waals surface area contributed by atoms with Crippen LogP contribution in [0.5, 0.6) is 0 Å². The number of aryl methyl sites for hydroxylation is 1. The minimum atomic E-state index is 0.642. The lowest BCUT2D eigenvalue weighted by Gasteiger charge is -2.09. The third-order valence-electron chi connectivity index (χ3n) is 6.11. The summed E-state index contributed by atoms with van der Waals surface area (Å²) in [5.41, 5.74) is 7.07. The van der Waals surface area contributed by atoms with Crippen LogP contribution in [0.3, 0.4) is 0 Å². The molecule has 0 saturated heterocycles. The molecule has 0 amide bonds. The molecule has 0 aliphatic carbocycles. The average Bonchev–Trinajstić information content (AvgIpc) is 3.54. The molecule has 0 N–H and O–H groups in total. The molecule has 0 unspecified atom stereocenters. The summed E-state index contributed by atoms with van der Waals surface area (Å²) >= 11 is 0. The smallest absolute Gasteiger partial charge is 0.181 e. The van der Waals surface area contributed by atoms with Gasteiger partial charge in [-0.15, -0.1) is 10.2 Å². The zero-order valence-corrected chi connectivity index (χ0v) is 19.9. The van der Waals surface area contributed by atoms with Gasteiger partial charge in [-0.2, -0.15) is 0 Å². The lowest BCUT2D eigenvalue weighted by Crippen LogP contribution is -2.00. The highest BCUT2D eigenvalue weighted by Gasteiger charge is 2.17. The van der Waals surface area contributed by atoms with E-state index in [1.165, 1.54) is 0 Å². The van der Waals surface area contributed by atoms with E-state index in [0.29, 0.717) is 12.2 Å². The quantitative estimate of drug-likeness (QED) is 0.297. The van der Waals surface area contributed by atoms with E-state index >= 15 is 0 Å². The van der Waals surface area contributed by atoms with Crippen LogP contribution in [0.15, 0.2) is 115 Å². The Hall–Kier alpha value is -4.84.